The molecule has 1 aliphatic rings. The van der Waals surface area contributed by atoms with E-state index in [2.05, 4.69) is 15.4 Å². The quantitative estimate of drug-likeness (QED) is 0.482. The molecule has 0 aliphatic heterocycles. The van der Waals surface area contributed by atoms with Crippen molar-refractivity contribution in [3.05, 3.63) is 77.0 Å². The number of halogens is 2. The normalized spacial score (nSPS) is 15.9. The number of benzene rings is 1. The van der Waals surface area contributed by atoms with Crippen molar-refractivity contribution in [2.24, 2.45) is 13.0 Å². The van der Waals surface area contributed by atoms with Gasteiger partial charge in [-0.1, -0.05) is 29.8 Å². The van der Waals surface area contributed by atoms with E-state index in [1.165, 1.54) is 23.0 Å². The van der Waals surface area contributed by atoms with E-state index in [0.717, 1.165) is 0 Å². The minimum atomic E-state index is -0.752. The Labute approximate surface area is 206 Å². The van der Waals surface area contributed by atoms with Gasteiger partial charge in [-0.15, -0.1) is 0 Å². The number of carbonyl (C=O) groups excluding carboxylic acids is 1. The average Bonchev–Trinajstić information content (AvgIpc) is 3.23. The van der Waals surface area contributed by atoms with E-state index in [0.29, 0.717) is 33.7 Å². The number of allylic oxidation sites excluding steroid dienone is 3. The lowest BCUT2D eigenvalue weighted by Gasteiger charge is -2.25. The first-order valence-corrected chi connectivity index (χ1v) is 11.1. The zero-order valence-corrected chi connectivity index (χ0v) is 19.5. The number of aliphatic hydroxyl groups is 1. The van der Waals surface area contributed by atoms with Crippen LogP contribution in [0.4, 0.5) is 10.2 Å². The number of nitriles is 1. The lowest BCUT2D eigenvalue weighted by Crippen LogP contribution is -2.43. The Bertz CT molecular complexity index is 1390. The second-order valence-corrected chi connectivity index (χ2v) is 8.64. The van der Waals surface area contributed by atoms with E-state index in [4.69, 9.17) is 17.3 Å². The fourth-order valence-electron chi connectivity index (χ4n) is 3.98. The second kappa shape index (κ2) is 10.1. The number of nitrogen functional groups attached to an aromatic ring is 1. The number of hydrogen-bond acceptors (Lipinski definition) is 6. The Morgan fingerprint density at radius 2 is 2.20 bits per heavy atom. The molecule has 0 spiro atoms. The SMILES string of the molecule is Cn1cc(-c2cnc(N)c(-c3ccc(C(=O)N[C@H](CO)C4C=CC=C(Cl)C4)c(F)c3)c2)c(C#N)n1. The number of rotatable bonds is 6. The Morgan fingerprint density at radius 1 is 1.40 bits per heavy atom. The van der Waals surface area contributed by atoms with Gasteiger partial charge in [-0.2, -0.15) is 10.4 Å². The highest BCUT2D eigenvalue weighted by atomic mass is 35.5. The number of nitrogens with two attached hydrogens (primary N) is 1. The van der Waals surface area contributed by atoms with E-state index in [-0.39, 0.29) is 29.6 Å². The molecular weight excluding hydrogens is 471 g/mol. The summed E-state index contributed by atoms with van der Waals surface area (Å²) in [5.41, 5.74) is 8.14. The van der Waals surface area contributed by atoms with Crippen LogP contribution in [-0.2, 0) is 7.05 Å². The van der Waals surface area contributed by atoms with Crippen LogP contribution < -0.4 is 11.1 Å². The summed E-state index contributed by atoms with van der Waals surface area (Å²) in [5.74, 6) is -1.44. The smallest absolute Gasteiger partial charge is 0.254 e. The van der Waals surface area contributed by atoms with E-state index < -0.39 is 17.8 Å². The molecule has 178 valence electrons. The van der Waals surface area contributed by atoms with E-state index in [9.17, 15) is 15.2 Å². The van der Waals surface area contributed by atoms with E-state index in [1.54, 1.807) is 37.5 Å². The standard InChI is InChI=1S/C25H22ClFN6O2/c1-33-12-20(22(10-28)32-33)16-8-19(24(29)30-11-16)14-5-6-18(21(27)9-14)25(35)31-23(13-34)15-3-2-4-17(26)7-15/h2-6,8-9,11-12,15,23,34H,7,13H2,1H3,(H2,29,30)(H,31,35)/t15?,23-/m1/s1. The molecule has 10 heteroatoms. The first-order chi connectivity index (χ1) is 16.8. The van der Waals surface area contributed by atoms with Crippen molar-refractivity contribution in [3.8, 4) is 28.3 Å². The van der Waals surface area contributed by atoms with Crippen molar-refractivity contribution >= 4 is 23.3 Å². The zero-order valence-electron chi connectivity index (χ0n) is 18.7. The maximum absolute atomic E-state index is 15.0. The number of aromatic nitrogens is 3. The van der Waals surface area contributed by atoms with Gasteiger partial charge >= 0.3 is 0 Å². The summed E-state index contributed by atoms with van der Waals surface area (Å²) >= 11 is 6.07. The van der Waals surface area contributed by atoms with Gasteiger partial charge in [0.25, 0.3) is 5.91 Å². The fraction of sp³-hybridized carbons (Fsp3) is 0.200. The van der Waals surface area contributed by atoms with Crippen LogP contribution in [-0.4, -0.2) is 38.4 Å². The van der Waals surface area contributed by atoms with Crippen molar-refractivity contribution < 1.29 is 14.3 Å². The van der Waals surface area contributed by atoms with E-state index in [1.807, 2.05) is 12.1 Å². The van der Waals surface area contributed by atoms with Gasteiger partial charge in [0.15, 0.2) is 5.69 Å². The third-order valence-corrected chi connectivity index (χ3v) is 6.07. The fourth-order valence-corrected chi connectivity index (χ4v) is 4.23. The number of amides is 1. The van der Waals surface area contributed by atoms with Gasteiger partial charge in [0.05, 0.1) is 18.2 Å². The second-order valence-electron chi connectivity index (χ2n) is 8.16. The minimum absolute atomic E-state index is 0.169. The van der Waals surface area contributed by atoms with Gasteiger partial charge in [-0.25, -0.2) is 9.37 Å². The van der Waals surface area contributed by atoms with Crippen LogP contribution in [0.3, 0.4) is 0 Å². The average molecular weight is 493 g/mol. The van der Waals surface area contributed by atoms with Gasteiger partial charge in [-0.3, -0.25) is 9.48 Å². The molecule has 1 unspecified atom stereocenters. The third kappa shape index (κ3) is 5.09. The number of nitrogens with zero attached hydrogens (tertiary/aromatic N) is 4. The van der Waals surface area contributed by atoms with Crippen LogP contribution in [0.2, 0.25) is 0 Å². The molecule has 2 atom stereocenters. The molecule has 1 aliphatic carbocycles. The largest absolute Gasteiger partial charge is 0.394 e. The van der Waals surface area contributed by atoms with Crippen molar-refractivity contribution in [3.63, 3.8) is 0 Å². The maximum atomic E-state index is 15.0. The Hall–Kier alpha value is -4.00. The summed E-state index contributed by atoms with van der Waals surface area (Å²) in [5, 5.41) is 26.5. The highest BCUT2D eigenvalue weighted by Crippen LogP contribution is 2.32. The van der Waals surface area contributed by atoms with Crippen LogP contribution in [0.1, 0.15) is 22.5 Å². The first kappa shape index (κ1) is 24.1. The number of pyridine rings is 1. The number of aryl methyl sites for hydroxylation is 1. The number of aliphatic hydroxyl groups excluding tert-OH is 1. The topological polar surface area (TPSA) is 130 Å². The summed E-state index contributed by atoms with van der Waals surface area (Å²) in [7, 11) is 1.70. The first-order valence-electron chi connectivity index (χ1n) is 10.7. The van der Waals surface area contributed by atoms with Crippen LogP contribution in [0.5, 0.6) is 0 Å². The summed E-state index contributed by atoms with van der Waals surface area (Å²) in [4.78, 5) is 17.0. The Balaban J connectivity index is 1.59. The molecule has 2 aromatic heterocycles. The lowest BCUT2D eigenvalue weighted by atomic mass is 9.92. The molecule has 8 nitrogen and oxygen atoms in total. The zero-order chi connectivity index (χ0) is 25.1. The van der Waals surface area contributed by atoms with E-state index >= 15 is 4.39 Å². The molecule has 0 saturated heterocycles. The Morgan fingerprint density at radius 3 is 2.89 bits per heavy atom. The summed E-state index contributed by atoms with van der Waals surface area (Å²) in [6.07, 6.45) is 9.03. The van der Waals surface area contributed by atoms with Crippen LogP contribution in [0.25, 0.3) is 22.3 Å². The molecule has 0 radical (unpaired) electrons. The van der Waals surface area contributed by atoms with Crippen molar-refractivity contribution in [2.75, 3.05) is 12.3 Å². The molecule has 4 N–H and O–H groups in total. The minimum Gasteiger partial charge on any atom is -0.394 e. The lowest BCUT2D eigenvalue weighted by molar-refractivity contribution is 0.0895. The molecule has 0 fully saturated rings. The predicted octanol–water partition coefficient (Wildman–Crippen LogP) is 3.53. The Kier molecular flexibility index (Phi) is 6.96. The van der Waals surface area contributed by atoms with Gasteiger partial charge in [0.2, 0.25) is 0 Å². The van der Waals surface area contributed by atoms with Gasteiger partial charge in [0, 0.05) is 47.1 Å². The molecular formula is C25H22ClFN6O2. The highest BCUT2D eigenvalue weighted by molar-refractivity contribution is 6.29. The molecule has 0 bridgehead atoms. The van der Waals surface area contributed by atoms with Crippen LogP contribution in [0, 0.1) is 23.1 Å². The van der Waals surface area contributed by atoms with Crippen molar-refractivity contribution in [2.45, 2.75) is 12.5 Å². The highest BCUT2D eigenvalue weighted by Gasteiger charge is 2.25. The number of nitrogens with one attached hydrogen (secondary N) is 1. The van der Waals surface area contributed by atoms with Crippen LogP contribution >= 0.6 is 11.6 Å². The monoisotopic (exact) mass is 492 g/mol. The summed E-state index contributed by atoms with van der Waals surface area (Å²) in [6.45, 7) is -0.321. The van der Waals surface area contributed by atoms with Crippen molar-refractivity contribution in [1.29, 1.82) is 5.26 Å². The van der Waals surface area contributed by atoms with Crippen LogP contribution in [0.15, 0.2) is 59.9 Å². The number of carbonyl (C=O) groups is 1. The molecule has 2 heterocycles. The molecule has 1 aromatic carbocycles. The summed E-state index contributed by atoms with van der Waals surface area (Å²) < 4.78 is 16.6. The van der Waals surface area contributed by atoms with Gasteiger partial charge < -0.3 is 16.2 Å². The molecule has 3 aromatic rings. The van der Waals surface area contributed by atoms with Gasteiger partial charge in [0.1, 0.15) is 17.7 Å². The summed E-state index contributed by atoms with van der Waals surface area (Å²) in [6, 6.07) is 7.24. The number of anilines is 1. The predicted molar refractivity (Wildman–Crippen MR) is 130 cm³/mol. The van der Waals surface area contributed by atoms with Gasteiger partial charge in [-0.05, 0) is 36.3 Å². The van der Waals surface area contributed by atoms with Crippen molar-refractivity contribution in [1.82, 2.24) is 20.1 Å². The maximum Gasteiger partial charge on any atom is 0.254 e. The molecule has 0 saturated carbocycles. The molecule has 4 rings (SSSR count). The molecule has 35 heavy (non-hydrogen) atoms. The third-order valence-electron chi connectivity index (χ3n) is 5.79. The molecule has 1 amide bonds. The number of hydrogen-bond donors (Lipinski definition) is 3.